The predicted molar refractivity (Wildman–Crippen MR) is 79.5 cm³/mol. The Bertz CT molecular complexity index is 597. The second-order valence-electron chi connectivity index (χ2n) is 5.75. The van der Waals surface area contributed by atoms with Gasteiger partial charge in [0.15, 0.2) is 6.29 Å². The van der Waals surface area contributed by atoms with Crippen LogP contribution in [-0.2, 0) is 5.41 Å². The summed E-state index contributed by atoms with van der Waals surface area (Å²) in [5, 5.41) is 0. The van der Waals surface area contributed by atoms with Gasteiger partial charge in [-0.2, -0.15) is 0 Å². The van der Waals surface area contributed by atoms with Gasteiger partial charge >= 0.3 is 0 Å². The van der Waals surface area contributed by atoms with Gasteiger partial charge < -0.3 is 4.98 Å². The Morgan fingerprint density at radius 2 is 1.74 bits per heavy atom. The molecule has 1 aromatic carbocycles. The summed E-state index contributed by atoms with van der Waals surface area (Å²) in [6.07, 6.45) is 0.805. The standard InChI is InChI=1S/C17H19NO/c1-12(16-10-9-15(11-19)18-16)13-5-7-14(8-6-13)17(2,3)4/h5-11,18H,1H2,2-4H3. The number of aldehydes is 1. The summed E-state index contributed by atoms with van der Waals surface area (Å²) in [7, 11) is 0. The normalized spacial score (nSPS) is 11.3. The summed E-state index contributed by atoms with van der Waals surface area (Å²) in [6, 6.07) is 12.0. The number of hydrogen-bond acceptors (Lipinski definition) is 1. The van der Waals surface area contributed by atoms with Crippen LogP contribution in [0, 0.1) is 0 Å². The summed E-state index contributed by atoms with van der Waals surface area (Å²) in [5.74, 6) is 0. The first-order valence-corrected chi connectivity index (χ1v) is 6.36. The van der Waals surface area contributed by atoms with Crippen molar-refractivity contribution < 1.29 is 4.79 Å². The molecule has 1 aromatic heterocycles. The lowest BCUT2D eigenvalue weighted by atomic mass is 9.86. The Morgan fingerprint density at radius 3 is 2.21 bits per heavy atom. The molecule has 0 spiro atoms. The number of carbonyl (C=O) groups is 1. The fourth-order valence-electron chi connectivity index (χ4n) is 1.98. The quantitative estimate of drug-likeness (QED) is 0.817. The first kappa shape index (κ1) is 13.3. The lowest BCUT2D eigenvalue weighted by Crippen LogP contribution is -2.10. The van der Waals surface area contributed by atoms with Gasteiger partial charge in [-0.3, -0.25) is 4.79 Å². The van der Waals surface area contributed by atoms with Crippen LogP contribution in [0.15, 0.2) is 43.0 Å². The number of hydrogen-bond donors (Lipinski definition) is 1. The molecule has 0 saturated heterocycles. The zero-order chi connectivity index (χ0) is 14.0. The second-order valence-corrected chi connectivity index (χ2v) is 5.75. The van der Waals surface area contributed by atoms with Crippen molar-refractivity contribution in [1.29, 1.82) is 0 Å². The van der Waals surface area contributed by atoms with Crippen molar-refractivity contribution in [1.82, 2.24) is 4.98 Å². The largest absolute Gasteiger partial charge is 0.352 e. The highest BCUT2D eigenvalue weighted by Crippen LogP contribution is 2.26. The van der Waals surface area contributed by atoms with Crippen LogP contribution in [-0.4, -0.2) is 11.3 Å². The van der Waals surface area contributed by atoms with E-state index in [0.29, 0.717) is 5.69 Å². The van der Waals surface area contributed by atoms with E-state index in [1.807, 2.05) is 6.07 Å². The number of nitrogens with one attached hydrogen (secondary N) is 1. The van der Waals surface area contributed by atoms with Crippen LogP contribution in [0.25, 0.3) is 5.57 Å². The van der Waals surface area contributed by atoms with E-state index in [9.17, 15) is 4.79 Å². The Labute approximate surface area is 114 Å². The molecular formula is C17H19NO. The highest BCUT2D eigenvalue weighted by molar-refractivity contribution is 5.80. The van der Waals surface area contributed by atoms with Crippen LogP contribution in [0.5, 0.6) is 0 Å². The van der Waals surface area contributed by atoms with Crippen LogP contribution < -0.4 is 0 Å². The molecule has 0 aliphatic heterocycles. The van der Waals surface area contributed by atoms with Gasteiger partial charge in [-0.15, -0.1) is 0 Å². The Balaban J connectivity index is 2.27. The van der Waals surface area contributed by atoms with Gasteiger partial charge in [0.2, 0.25) is 0 Å². The molecule has 0 aliphatic rings. The van der Waals surface area contributed by atoms with Crippen molar-refractivity contribution in [2.24, 2.45) is 0 Å². The zero-order valence-electron chi connectivity index (χ0n) is 11.7. The molecule has 2 nitrogen and oxygen atoms in total. The van der Waals surface area contributed by atoms with E-state index in [0.717, 1.165) is 23.1 Å². The third kappa shape index (κ3) is 2.84. The summed E-state index contributed by atoms with van der Waals surface area (Å²) in [4.78, 5) is 13.7. The Hall–Kier alpha value is -2.09. The topological polar surface area (TPSA) is 32.9 Å². The van der Waals surface area contributed by atoms with E-state index in [1.165, 1.54) is 5.56 Å². The molecule has 2 heteroatoms. The lowest BCUT2D eigenvalue weighted by Gasteiger charge is -2.19. The van der Waals surface area contributed by atoms with Crippen molar-refractivity contribution in [3.05, 3.63) is 65.5 Å². The maximum Gasteiger partial charge on any atom is 0.166 e. The molecule has 2 aromatic rings. The summed E-state index contributed by atoms with van der Waals surface area (Å²) >= 11 is 0. The van der Waals surface area contributed by atoms with Crippen molar-refractivity contribution >= 4 is 11.9 Å². The van der Waals surface area contributed by atoms with Gasteiger partial charge in [-0.25, -0.2) is 0 Å². The molecule has 19 heavy (non-hydrogen) atoms. The highest BCUT2D eigenvalue weighted by atomic mass is 16.1. The summed E-state index contributed by atoms with van der Waals surface area (Å²) < 4.78 is 0. The molecule has 0 unspecified atom stereocenters. The molecule has 1 heterocycles. The molecule has 0 radical (unpaired) electrons. The van der Waals surface area contributed by atoms with E-state index < -0.39 is 0 Å². The fourth-order valence-corrected chi connectivity index (χ4v) is 1.98. The number of H-pyrrole nitrogens is 1. The Kier molecular flexibility index (Phi) is 3.43. The molecule has 2 rings (SSSR count). The van der Waals surface area contributed by atoms with Crippen molar-refractivity contribution in [3.63, 3.8) is 0 Å². The van der Waals surface area contributed by atoms with Gasteiger partial charge in [0.1, 0.15) is 0 Å². The van der Waals surface area contributed by atoms with Gasteiger partial charge in [-0.05, 0) is 34.2 Å². The first-order valence-electron chi connectivity index (χ1n) is 6.36. The molecule has 98 valence electrons. The maximum atomic E-state index is 10.7. The van der Waals surface area contributed by atoms with E-state index >= 15 is 0 Å². The monoisotopic (exact) mass is 253 g/mol. The van der Waals surface area contributed by atoms with E-state index in [2.05, 4.69) is 56.6 Å². The van der Waals surface area contributed by atoms with Gasteiger partial charge in [0.25, 0.3) is 0 Å². The number of rotatable bonds is 3. The third-order valence-corrected chi connectivity index (χ3v) is 3.26. The lowest BCUT2D eigenvalue weighted by molar-refractivity contribution is 0.111. The summed E-state index contributed by atoms with van der Waals surface area (Å²) in [6.45, 7) is 10.7. The number of aromatic amines is 1. The molecule has 0 aliphatic carbocycles. The minimum Gasteiger partial charge on any atom is -0.352 e. The van der Waals surface area contributed by atoms with Crippen molar-refractivity contribution in [3.8, 4) is 0 Å². The Morgan fingerprint density at radius 1 is 1.11 bits per heavy atom. The van der Waals surface area contributed by atoms with E-state index in [4.69, 9.17) is 0 Å². The minimum atomic E-state index is 0.150. The molecule has 0 bridgehead atoms. The van der Waals surface area contributed by atoms with Crippen LogP contribution in [0.2, 0.25) is 0 Å². The minimum absolute atomic E-state index is 0.150. The predicted octanol–water partition coefficient (Wildman–Crippen LogP) is 4.19. The second kappa shape index (κ2) is 4.88. The van der Waals surface area contributed by atoms with Crippen molar-refractivity contribution in [2.75, 3.05) is 0 Å². The SMILES string of the molecule is C=C(c1ccc(C(C)(C)C)cc1)c1ccc(C=O)[nH]1. The smallest absolute Gasteiger partial charge is 0.166 e. The highest BCUT2D eigenvalue weighted by Gasteiger charge is 2.13. The zero-order valence-corrected chi connectivity index (χ0v) is 11.7. The van der Waals surface area contributed by atoms with Crippen LogP contribution in [0.1, 0.15) is 48.1 Å². The average Bonchev–Trinajstić information content (AvgIpc) is 2.86. The third-order valence-electron chi connectivity index (χ3n) is 3.26. The van der Waals surface area contributed by atoms with Gasteiger partial charge in [-0.1, -0.05) is 51.6 Å². The van der Waals surface area contributed by atoms with Crippen LogP contribution in [0.4, 0.5) is 0 Å². The maximum absolute atomic E-state index is 10.7. The number of aromatic nitrogens is 1. The van der Waals surface area contributed by atoms with Gasteiger partial charge in [0, 0.05) is 5.69 Å². The average molecular weight is 253 g/mol. The molecule has 0 atom stereocenters. The molecule has 0 amide bonds. The fraction of sp³-hybridized carbons (Fsp3) is 0.235. The van der Waals surface area contributed by atoms with Crippen LogP contribution in [0.3, 0.4) is 0 Å². The molecule has 0 saturated carbocycles. The molecular weight excluding hydrogens is 234 g/mol. The number of carbonyl (C=O) groups excluding carboxylic acids is 1. The molecule has 1 N–H and O–H groups in total. The molecule has 0 fully saturated rings. The first-order chi connectivity index (χ1) is 8.91. The van der Waals surface area contributed by atoms with E-state index in [1.54, 1.807) is 6.07 Å². The number of benzene rings is 1. The van der Waals surface area contributed by atoms with Crippen LogP contribution >= 0.6 is 0 Å². The van der Waals surface area contributed by atoms with E-state index in [-0.39, 0.29) is 5.41 Å². The van der Waals surface area contributed by atoms with Gasteiger partial charge in [0.05, 0.1) is 5.69 Å². The van der Waals surface area contributed by atoms with Crippen molar-refractivity contribution in [2.45, 2.75) is 26.2 Å². The summed E-state index contributed by atoms with van der Waals surface area (Å²) in [5.41, 5.74) is 4.86.